The fourth-order valence-electron chi connectivity index (χ4n) is 4.45. The number of benzene rings is 2. The Morgan fingerprint density at radius 3 is 2.45 bits per heavy atom. The van der Waals surface area contributed by atoms with Gasteiger partial charge in [0.2, 0.25) is 0 Å². The van der Waals surface area contributed by atoms with E-state index in [4.69, 9.17) is 22.4 Å². The fourth-order valence-corrected chi connectivity index (χ4v) is 4.64. The number of nitrogens with zero attached hydrogens (tertiary/aromatic N) is 2. The van der Waals surface area contributed by atoms with Gasteiger partial charge in [-0.1, -0.05) is 35.9 Å². The summed E-state index contributed by atoms with van der Waals surface area (Å²) in [7, 11) is 0. The van der Waals surface area contributed by atoms with Crippen LogP contribution in [0, 0.1) is 0 Å². The highest BCUT2D eigenvalue weighted by Crippen LogP contribution is 2.42. The minimum atomic E-state index is -0.977. The summed E-state index contributed by atoms with van der Waals surface area (Å²) in [6, 6.07) is 17.6. The first-order chi connectivity index (χ1) is 14.9. The van der Waals surface area contributed by atoms with Crippen molar-refractivity contribution in [1.29, 1.82) is 0 Å². The van der Waals surface area contributed by atoms with E-state index in [1.165, 1.54) is 18.2 Å². The summed E-state index contributed by atoms with van der Waals surface area (Å²) in [4.78, 5) is 23.6. The van der Waals surface area contributed by atoms with E-state index in [-0.39, 0.29) is 22.6 Å². The van der Waals surface area contributed by atoms with Crippen LogP contribution in [0.15, 0.2) is 65.5 Å². The highest BCUT2D eigenvalue weighted by Gasteiger charge is 2.37. The van der Waals surface area contributed by atoms with Crippen molar-refractivity contribution >= 4 is 17.6 Å². The quantitative estimate of drug-likeness (QED) is 0.621. The lowest BCUT2D eigenvalue weighted by atomic mass is 9.68. The molecule has 31 heavy (non-hydrogen) atoms. The number of carboxylic acid groups (broad SMARTS) is 1. The maximum atomic E-state index is 12.6. The van der Waals surface area contributed by atoms with Crippen molar-refractivity contribution in [1.82, 2.24) is 9.78 Å². The molecule has 0 amide bonds. The van der Waals surface area contributed by atoms with E-state index in [0.717, 1.165) is 36.8 Å². The van der Waals surface area contributed by atoms with Crippen molar-refractivity contribution in [2.45, 2.75) is 37.1 Å². The highest BCUT2D eigenvalue weighted by molar-refractivity contribution is 6.30. The predicted octanol–water partition coefficient (Wildman–Crippen LogP) is 4.27. The first-order valence-corrected chi connectivity index (χ1v) is 10.7. The van der Waals surface area contributed by atoms with Gasteiger partial charge < -0.3 is 10.8 Å². The zero-order valence-electron chi connectivity index (χ0n) is 17.0. The number of rotatable bonds is 5. The number of halogens is 1. The normalized spacial score (nSPS) is 21.0. The summed E-state index contributed by atoms with van der Waals surface area (Å²) >= 11 is 6.20. The number of carbonyl (C=O) groups is 1. The molecule has 0 bridgehead atoms. The Morgan fingerprint density at radius 1 is 1.13 bits per heavy atom. The molecule has 2 aromatic carbocycles. The molecule has 1 aliphatic carbocycles. The molecular weight excluding hydrogens is 414 g/mol. The van der Waals surface area contributed by atoms with Crippen LogP contribution in [-0.4, -0.2) is 27.4 Å². The second-order valence-electron chi connectivity index (χ2n) is 8.11. The lowest BCUT2D eigenvalue weighted by molar-refractivity contribution is 0.0697. The van der Waals surface area contributed by atoms with E-state index in [1.54, 1.807) is 22.9 Å². The average Bonchev–Trinajstić information content (AvgIpc) is 2.79. The topological polar surface area (TPSA) is 98.2 Å². The minimum absolute atomic E-state index is 0.00963. The van der Waals surface area contributed by atoms with Gasteiger partial charge in [0.25, 0.3) is 5.56 Å². The number of hydrogen-bond acceptors (Lipinski definition) is 4. The van der Waals surface area contributed by atoms with Gasteiger partial charge in [0.15, 0.2) is 0 Å². The van der Waals surface area contributed by atoms with E-state index in [1.807, 2.05) is 18.2 Å². The van der Waals surface area contributed by atoms with Crippen molar-refractivity contribution in [2.24, 2.45) is 5.73 Å². The summed E-state index contributed by atoms with van der Waals surface area (Å²) in [6.45, 7) is 0.526. The van der Waals surface area contributed by atoms with Gasteiger partial charge in [-0.2, -0.15) is 5.10 Å². The molecule has 6 nitrogen and oxygen atoms in total. The maximum absolute atomic E-state index is 12.6. The van der Waals surface area contributed by atoms with Gasteiger partial charge in [0.05, 0.1) is 17.3 Å². The lowest BCUT2D eigenvalue weighted by Crippen LogP contribution is -2.41. The lowest BCUT2D eigenvalue weighted by Gasteiger charge is -2.40. The van der Waals surface area contributed by atoms with Gasteiger partial charge in [-0.3, -0.25) is 4.79 Å². The first-order valence-electron chi connectivity index (χ1n) is 10.3. The molecule has 4 rings (SSSR count). The van der Waals surface area contributed by atoms with E-state index in [9.17, 15) is 9.59 Å². The van der Waals surface area contributed by atoms with Gasteiger partial charge >= 0.3 is 5.97 Å². The first kappa shape index (κ1) is 21.3. The molecule has 7 heteroatoms. The Labute approximate surface area is 185 Å². The third-order valence-electron chi connectivity index (χ3n) is 6.34. The molecule has 0 saturated heterocycles. The van der Waals surface area contributed by atoms with E-state index in [2.05, 4.69) is 11.2 Å². The number of nitrogens with two attached hydrogens (primary N) is 1. The molecular formula is C24H24ClN3O3. The number of hydrogen-bond donors (Lipinski definition) is 2. The van der Waals surface area contributed by atoms with Crippen molar-refractivity contribution in [3.05, 3.63) is 87.2 Å². The molecule has 0 unspecified atom stereocenters. The van der Waals surface area contributed by atoms with Crippen molar-refractivity contribution in [2.75, 3.05) is 6.54 Å². The Bertz CT molecular complexity index is 1150. The molecule has 1 heterocycles. The summed E-state index contributed by atoms with van der Waals surface area (Å²) in [5.74, 6) is -0.977. The largest absolute Gasteiger partial charge is 0.478 e. The summed E-state index contributed by atoms with van der Waals surface area (Å²) < 4.78 is 1.57. The summed E-state index contributed by atoms with van der Waals surface area (Å²) in [5, 5.41) is 14.4. The smallest absolute Gasteiger partial charge is 0.335 e. The minimum Gasteiger partial charge on any atom is -0.478 e. The second kappa shape index (κ2) is 8.65. The van der Waals surface area contributed by atoms with Gasteiger partial charge in [-0.05, 0) is 61.6 Å². The maximum Gasteiger partial charge on any atom is 0.335 e. The molecule has 1 saturated carbocycles. The molecule has 0 radical (unpaired) electrons. The van der Waals surface area contributed by atoms with Crippen LogP contribution in [0.2, 0.25) is 5.02 Å². The monoisotopic (exact) mass is 437 g/mol. The fraction of sp³-hybridized carbons (Fsp3) is 0.292. The molecule has 160 valence electrons. The Kier molecular flexibility index (Phi) is 5.94. The molecule has 3 N–H and O–H groups in total. The number of aromatic nitrogens is 2. The van der Waals surface area contributed by atoms with Crippen LogP contribution in [0.4, 0.5) is 0 Å². The van der Waals surface area contributed by atoms with Crippen LogP contribution in [0.3, 0.4) is 0 Å². The van der Waals surface area contributed by atoms with Gasteiger partial charge in [-0.15, -0.1) is 0 Å². The second-order valence-corrected chi connectivity index (χ2v) is 8.55. The van der Waals surface area contributed by atoms with Gasteiger partial charge in [0, 0.05) is 28.6 Å². The van der Waals surface area contributed by atoms with E-state index < -0.39 is 5.97 Å². The molecule has 1 aliphatic rings. The third kappa shape index (κ3) is 4.27. The van der Waals surface area contributed by atoms with Crippen molar-refractivity contribution < 1.29 is 9.90 Å². The van der Waals surface area contributed by atoms with Crippen LogP contribution in [0.5, 0.6) is 0 Å². The zero-order valence-corrected chi connectivity index (χ0v) is 17.8. The predicted molar refractivity (Wildman–Crippen MR) is 121 cm³/mol. The van der Waals surface area contributed by atoms with E-state index >= 15 is 0 Å². The van der Waals surface area contributed by atoms with Crippen molar-refractivity contribution in [3.8, 4) is 11.3 Å². The highest BCUT2D eigenvalue weighted by atomic mass is 35.5. The SMILES string of the molecule is NC[C@]1(c2cccc(Cl)c2)CC[C@H](n2nc(-c3ccc(C(=O)O)cc3)ccc2=O)CC1. The Morgan fingerprint density at radius 2 is 1.84 bits per heavy atom. The molecule has 0 atom stereocenters. The number of aromatic carboxylic acids is 1. The van der Waals surface area contributed by atoms with Gasteiger partial charge in [0.1, 0.15) is 0 Å². The standard InChI is InChI=1S/C24H24ClN3O3/c25-19-3-1-2-18(14-19)24(15-26)12-10-20(11-13-24)28-22(29)9-8-21(27-28)16-4-6-17(7-5-16)23(30)31/h1-9,14,20H,10-13,15,26H2,(H,30,31)/t20-,24-. The molecule has 0 aliphatic heterocycles. The summed E-state index contributed by atoms with van der Waals surface area (Å²) in [5.41, 5.74) is 8.68. The Hall–Kier alpha value is -2.96. The third-order valence-corrected chi connectivity index (χ3v) is 6.57. The summed E-state index contributed by atoms with van der Waals surface area (Å²) in [6.07, 6.45) is 3.27. The number of carboxylic acids is 1. The zero-order chi connectivity index (χ0) is 22.0. The van der Waals surface area contributed by atoms with Crippen molar-refractivity contribution in [3.63, 3.8) is 0 Å². The molecule has 1 fully saturated rings. The van der Waals surface area contributed by atoms with Crippen LogP contribution in [0.25, 0.3) is 11.3 Å². The molecule has 1 aromatic heterocycles. The van der Waals surface area contributed by atoms with E-state index in [0.29, 0.717) is 17.3 Å². The van der Waals surface area contributed by atoms with Crippen LogP contribution in [-0.2, 0) is 5.41 Å². The molecule has 0 spiro atoms. The molecule has 3 aromatic rings. The Balaban J connectivity index is 1.58. The van der Waals surface area contributed by atoms with Crippen LogP contribution >= 0.6 is 11.6 Å². The van der Waals surface area contributed by atoms with Crippen LogP contribution in [0.1, 0.15) is 47.6 Å². The van der Waals surface area contributed by atoms with Crippen LogP contribution < -0.4 is 11.3 Å². The van der Waals surface area contributed by atoms with Gasteiger partial charge in [-0.25, -0.2) is 9.48 Å². The average molecular weight is 438 g/mol.